The van der Waals surface area contributed by atoms with E-state index in [4.69, 9.17) is 15.5 Å². The summed E-state index contributed by atoms with van der Waals surface area (Å²) in [5.41, 5.74) is -0.378. The van der Waals surface area contributed by atoms with Gasteiger partial charge in [0.2, 0.25) is 0 Å². The molecule has 0 fully saturated rings. The van der Waals surface area contributed by atoms with Crippen molar-refractivity contribution < 1.29 is 19.0 Å². The molecular weight excluding hydrogens is 242 g/mol. The predicted octanol–water partition coefficient (Wildman–Crippen LogP) is 1.02. The lowest BCUT2D eigenvalue weighted by atomic mass is 10.1. The predicted molar refractivity (Wildman–Crippen MR) is 62.1 cm³/mol. The van der Waals surface area contributed by atoms with E-state index in [-0.39, 0.29) is 37.6 Å². The molecule has 0 aromatic heterocycles. The largest absolute Gasteiger partial charge is 0.396 e. The summed E-state index contributed by atoms with van der Waals surface area (Å²) in [6.07, 6.45) is 0.332. The van der Waals surface area contributed by atoms with Gasteiger partial charge in [-0.05, 0) is 18.6 Å². The molecule has 0 saturated carbocycles. The first-order chi connectivity index (χ1) is 8.63. The van der Waals surface area contributed by atoms with Gasteiger partial charge in [-0.1, -0.05) is 0 Å². The number of aliphatic hydroxyl groups excluding tert-OH is 2. The van der Waals surface area contributed by atoms with Crippen LogP contribution in [0.2, 0.25) is 0 Å². The maximum Gasteiger partial charge on any atom is 0.150 e. The molecule has 1 rings (SSSR count). The summed E-state index contributed by atoms with van der Waals surface area (Å²) in [7, 11) is 0. The molecule has 0 heterocycles. The molecule has 1 aromatic carbocycles. The van der Waals surface area contributed by atoms with Crippen molar-refractivity contribution in [1.29, 1.82) is 5.26 Å². The number of nitriles is 1. The van der Waals surface area contributed by atoms with E-state index in [0.717, 1.165) is 12.1 Å². The third-order valence-corrected chi connectivity index (χ3v) is 2.42. The molecule has 0 atom stereocenters. The monoisotopic (exact) mass is 256 g/mol. The lowest BCUT2D eigenvalue weighted by molar-refractivity contribution is 0.280. The van der Waals surface area contributed by atoms with Crippen molar-refractivity contribution in [1.82, 2.24) is 0 Å². The van der Waals surface area contributed by atoms with Gasteiger partial charge < -0.3 is 15.1 Å². The van der Waals surface area contributed by atoms with E-state index in [9.17, 15) is 8.78 Å². The van der Waals surface area contributed by atoms with E-state index in [1.54, 1.807) is 6.07 Å². The van der Waals surface area contributed by atoms with Crippen molar-refractivity contribution in [3.05, 3.63) is 29.3 Å². The van der Waals surface area contributed by atoms with Crippen LogP contribution >= 0.6 is 0 Å². The molecule has 0 aliphatic heterocycles. The summed E-state index contributed by atoms with van der Waals surface area (Å²) < 4.78 is 27.4. The Labute approximate surface area is 104 Å². The summed E-state index contributed by atoms with van der Waals surface area (Å²) in [5.74, 6) is -1.70. The molecule has 0 bridgehead atoms. The summed E-state index contributed by atoms with van der Waals surface area (Å²) in [6.45, 7) is -0.0949. The Kier molecular flexibility index (Phi) is 5.49. The zero-order valence-corrected chi connectivity index (χ0v) is 9.74. The summed E-state index contributed by atoms with van der Waals surface area (Å²) in [5, 5.41) is 26.2. The van der Waals surface area contributed by atoms with E-state index in [1.807, 2.05) is 0 Å². The highest BCUT2D eigenvalue weighted by Gasteiger charge is 2.17. The number of hydrogen-bond donors (Lipinski definition) is 2. The Morgan fingerprint density at radius 2 is 1.72 bits per heavy atom. The van der Waals surface area contributed by atoms with Gasteiger partial charge in [0, 0.05) is 19.7 Å². The summed E-state index contributed by atoms with van der Waals surface area (Å²) in [4.78, 5) is 1.31. The Balaban J connectivity index is 3.07. The van der Waals surface area contributed by atoms with Crippen molar-refractivity contribution in [3.63, 3.8) is 0 Å². The van der Waals surface area contributed by atoms with Gasteiger partial charge >= 0.3 is 0 Å². The van der Waals surface area contributed by atoms with Crippen molar-refractivity contribution in [2.24, 2.45) is 0 Å². The zero-order chi connectivity index (χ0) is 13.5. The Morgan fingerprint density at radius 3 is 2.17 bits per heavy atom. The summed E-state index contributed by atoms with van der Waals surface area (Å²) >= 11 is 0. The van der Waals surface area contributed by atoms with Gasteiger partial charge in [-0.15, -0.1) is 0 Å². The molecular formula is C12H14F2N2O2. The van der Waals surface area contributed by atoms with Crippen molar-refractivity contribution in [2.45, 2.75) is 6.42 Å². The first-order valence-electron chi connectivity index (χ1n) is 5.49. The smallest absolute Gasteiger partial charge is 0.150 e. The average Bonchev–Trinajstić information content (AvgIpc) is 2.34. The number of nitrogens with zero attached hydrogens (tertiary/aromatic N) is 2. The Morgan fingerprint density at radius 1 is 1.11 bits per heavy atom. The minimum atomic E-state index is -0.849. The van der Waals surface area contributed by atoms with Gasteiger partial charge in [-0.25, -0.2) is 8.78 Å². The fourth-order valence-corrected chi connectivity index (χ4v) is 1.65. The molecule has 0 saturated heterocycles. The minimum absolute atomic E-state index is 0.0553. The molecule has 0 radical (unpaired) electrons. The fourth-order valence-electron chi connectivity index (χ4n) is 1.65. The van der Waals surface area contributed by atoms with Crippen LogP contribution in [0.4, 0.5) is 14.5 Å². The third-order valence-electron chi connectivity index (χ3n) is 2.42. The summed E-state index contributed by atoms with van der Waals surface area (Å²) in [6, 6.07) is 3.55. The molecule has 0 unspecified atom stereocenters. The van der Waals surface area contributed by atoms with Gasteiger partial charge in [0.1, 0.15) is 5.69 Å². The molecule has 1 aromatic rings. The third kappa shape index (κ3) is 3.39. The standard InChI is InChI=1S/C12H14F2N2O2/c13-10-6-9(8-15)7-11(14)12(10)16(3-5-18)2-1-4-17/h6-7,17-18H,1-5H2. The van der Waals surface area contributed by atoms with Crippen molar-refractivity contribution >= 4 is 5.69 Å². The second-order valence-electron chi connectivity index (χ2n) is 3.69. The van der Waals surface area contributed by atoms with Crippen LogP contribution in [0.5, 0.6) is 0 Å². The van der Waals surface area contributed by atoms with E-state index in [0.29, 0.717) is 6.42 Å². The highest BCUT2D eigenvalue weighted by atomic mass is 19.1. The van der Waals surface area contributed by atoms with E-state index in [2.05, 4.69) is 0 Å². The fraction of sp³-hybridized carbons (Fsp3) is 0.417. The molecule has 0 aliphatic carbocycles. The SMILES string of the molecule is N#Cc1cc(F)c(N(CCO)CCCO)c(F)c1. The molecule has 4 nitrogen and oxygen atoms in total. The average molecular weight is 256 g/mol. The van der Waals surface area contributed by atoms with Crippen LogP contribution in [0.15, 0.2) is 12.1 Å². The topological polar surface area (TPSA) is 67.5 Å². The maximum absolute atomic E-state index is 13.7. The van der Waals surface area contributed by atoms with Gasteiger partial charge in [0.15, 0.2) is 11.6 Å². The molecule has 18 heavy (non-hydrogen) atoms. The highest BCUT2D eigenvalue weighted by Crippen LogP contribution is 2.24. The second kappa shape index (κ2) is 6.89. The molecule has 2 N–H and O–H groups in total. The Hall–Kier alpha value is -1.71. The lowest BCUT2D eigenvalue weighted by Gasteiger charge is -2.24. The minimum Gasteiger partial charge on any atom is -0.396 e. The number of anilines is 1. The first kappa shape index (κ1) is 14.4. The van der Waals surface area contributed by atoms with Crippen LogP contribution in [-0.4, -0.2) is 36.5 Å². The quantitative estimate of drug-likeness (QED) is 0.797. The van der Waals surface area contributed by atoms with Crippen LogP contribution in [0.25, 0.3) is 0 Å². The number of aliphatic hydroxyl groups is 2. The number of rotatable bonds is 6. The van der Waals surface area contributed by atoms with E-state index < -0.39 is 11.6 Å². The molecule has 0 amide bonds. The number of halogens is 2. The van der Waals surface area contributed by atoms with Gasteiger partial charge in [0.05, 0.1) is 18.2 Å². The normalized spacial score (nSPS) is 10.2. The highest BCUT2D eigenvalue weighted by molar-refractivity contribution is 5.52. The van der Waals surface area contributed by atoms with Crippen molar-refractivity contribution in [2.75, 3.05) is 31.2 Å². The van der Waals surface area contributed by atoms with E-state index in [1.165, 1.54) is 4.90 Å². The number of hydrogen-bond acceptors (Lipinski definition) is 4. The Bertz CT molecular complexity index is 423. The van der Waals surface area contributed by atoms with Crippen LogP contribution in [-0.2, 0) is 0 Å². The van der Waals surface area contributed by atoms with Gasteiger partial charge in [-0.2, -0.15) is 5.26 Å². The molecule has 98 valence electrons. The van der Waals surface area contributed by atoms with Crippen LogP contribution < -0.4 is 4.90 Å². The van der Waals surface area contributed by atoms with Crippen LogP contribution in [0.3, 0.4) is 0 Å². The van der Waals surface area contributed by atoms with Gasteiger partial charge in [0.25, 0.3) is 0 Å². The molecule has 6 heteroatoms. The lowest BCUT2D eigenvalue weighted by Crippen LogP contribution is -2.30. The molecule has 0 spiro atoms. The number of benzene rings is 1. The zero-order valence-electron chi connectivity index (χ0n) is 9.74. The van der Waals surface area contributed by atoms with Gasteiger partial charge in [-0.3, -0.25) is 0 Å². The second-order valence-corrected chi connectivity index (χ2v) is 3.69. The van der Waals surface area contributed by atoms with Crippen LogP contribution in [0.1, 0.15) is 12.0 Å². The first-order valence-corrected chi connectivity index (χ1v) is 5.49. The molecule has 0 aliphatic rings. The van der Waals surface area contributed by atoms with E-state index >= 15 is 0 Å². The van der Waals surface area contributed by atoms with Crippen molar-refractivity contribution in [3.8, 4) is 6.07 Å². The van der Waals surface area contributed by atoms with Crippen LogP contribution in [0, 0.1) is 23.0 Å². The maximum atomic E-state index is 13.7.